The van der Waals surface area contributed by atoms with Crippen LogP contribution in [0.2, 0.25) is 0 Å². The van der Waals surface area contributed by atoms with E-state index >= 15 is 0 Å². The summed E-state index contributed by atoms with van der Waals surface area (Å²) in [4.78, 5) is 37.2. The van der Waals surface area contributed by atoms with Gasteiger partial charge in [0.1, 0.15) is 23.5 Å². The molecule has 1 saturated heterocycles. The lowest BCUT2D eigenvalue weighted by molar-refractivity contribution is 0.0617. The van der Waals surface area contributed by atoms with Crippen LogP contribution < -0.4 is 4.90 Å². The second-order valence-electron chi connectivity index (χ2n) is 6.63. The Morgan fingerprint density at radius 2 is 2.08 bits per heavy atom. The number of H-pyrrole nitrogens is 1. The minimum atomic E-state index is -0.111. The Balaban J connectivity index is 1.43. The average molecular weight is 335 g/mol. The van der Waals surface area contributed by atoms with Gasteiger partial charge < -0.3 is 14.8 Å². The highest BCUT2D eigenvalue weighted by molar-refractivity contribution is 5.93. The fraction of sp³-hybridized carbons (Fsp3) is 0.353. The minimum absolute atomic E-state index is 0.0280. The Hall–Kier alpha value is -3.03. The summed E-state index contributed by atoms with van der Waals surface area (Å²) < 4.78 is 0. The van der Waals surface area contributed by atoms with Crippen LogP contribution in [-0.4, -0.2) is 60.9 Å². The molecule has 3 aromatic rings. The van der Waals surface area contributed by atoms with Crippen LogP contribution in [0.15, 0.2) is 37.2 Å². The maximum Gasteiger partial charge on any atom is 0.274 e. The Bertz CT molecular complexity index is 934. The molecule has 1 aliphatic carbocycles. The maximum absolute atomic E-state index is 12.8. The summed E-state index contributed by atoms with van der Waals surface area (Å²) in [6, 6.07) is 2.00. The van der Waals surface area contributed by atoms with Crippen LogP contribution in [0.3, 0.4) is 0 Å². The molecule has 0 radical (unpaired) electrons. The van der Waals surface area contributed by atoms with Gasteiger partial charge in [-0.1, -0.05) is 0 Å². The third-order valence-corrected chi connectivity index (χ3v) is 5.14. The summed E-state index contributed by atoms with van der Waals surface area (Å²) in [6.07, 6.45) is 10.2. The number of rotatable bonds is 2. The van der Waals surface area contributed by atoms with E-state index < -0.39 is 0 Å². The van der Waals surface area contributed by atoms with E-state index in [0.717, 1.165) is 42.8 Å². The Kier molecular flexibility index (Phi) is 3.00. The number of nitrogens with zero attached hydrogens (tertiary/aromatic N) is 6. The number of amides is 1. The molecule has 1 spiro atoms. The van der Waals surface area contributed by atoms with Gasteiger partial charge in [-0.15, -0.1) is 0 Å². The molecular formula is C17H17N7O. The third kappa shape index (κ3) is 2.25. The van der Waals surface area contributed by atoms with Gasteiger partial charge in [0.15, 0.2) is 0 Å². The molecule has 3 aromatic heterocycles. The molecule has 1 N–H and O–H groups in total. The van der Waals surface area contributed by atoms with E-state index in [0.29, 0.717) is 12.2 Å². The van der Waals surface area contributed by atoms with Gasteiger partial charge in [-0.05, 0) is 18.9 Å². The Labute approximate surface area is 143 Å². The zero-order chi connectivity index (χ0) is 16.9. The zero-order valence-electron chi connectivity index (χ0n) is 13.6. The maximum atomic E-state index is 12.8. The highest BCUT2D eigenvalue weighted by Crippen LogP contribution is 2.45. The second kappa shape index (κ2) is 5.23. The van der Waals surface area contributed by atoms with Crippen molar-refractivity contribution in [3.05, 3.63) is 42.9 Å². The molecule has 25 heavy (non-hydrogen) atoms. The monoisotopic (exact) mass is 335 g/mol. The minimum Gasteiger partial charge on any atom is -0.352 e. The lowest BCUT2D eigenvalue weighted by Gasteiger charge is -2.42. The molecule has 8 heteroatoms. The van der Waals surface area contributed by atoms with Gasteiger partial charge >= 0.3 is 0 Å². The van der Waals surface area contributed by atoms with E-state index in [1.54, 1.807) is 24.9 Å². The number of piperazine rings is 1. The number of carbonyl (C=O) groups excluding carboxylic acids is 1. The van der Waals surface area contributed by atoms with Gasteiger partial charge in [-0.2, -0.15) is 0 Å². The largest absolute Gasteiger partial charge is 0.352 e. The van der Waals surface area contributed by atoms with E-state index in [2.05, 4.69) is 29.8 Å². The first-order chi connectivity index (χ1) is 12.3. The van der Waals surface area contributed by atoms with Gasteiger partial charge in [0.05, 0.1) is 17.1 Å². The molecule has 8 nitrogen and oxygen atoms in total. The topological polar surface area (TPSA) is 90.9 Å². The molecule has 0 atom stereocenters. The first-order valence-corrected chi connectivity index (χ1v) is 8.38. The van der Waals surface area contributed by atoms with E-state index in [-0.39, 0.29) is 11.4 Å². The lowest BCUT2D eigenvalue weighted by atomic mass is 10.1. The van der Waals surface area contributed by atoms with Gasteiger partial charge in [0.2, 0.25) is 0 Å². The summed E-state index contributed by atoms with van der Waals surface area (Å²) in [5.74, 6) is 0.906. The summed E-state index contributed by atoms with van der Waals surface area (Å²) in [6.45, 7) is 2.19. The van der Waals surface area contributed by atoms with Crippen molar-refractivity contribution < 1.29 is 4.79 Å². The van der Waals surface area contributed by atoms with E-state index in [1.165, 1.54) is 0 Å². The van der Waals surface area contributed by atoms with E-state index in [1.807, 2.05) is 17.2 Å². The molecule has 1 aliphatic heterocycles. The lowest BCUT2D eigenvalue weighted by Crippen LogP contribution is -2.57. The van der Waals surface area contributed by atoms with Crippen molar-refractivity contribution in [1.29, 1.82) is 0 Å². The van der Waals surface area contributed by atoms with Gasteiger partial charge in [0, 0.05) is 38.2 Å². The molecule has 126 valence electrons. The van der Waals surface area contributed by atoms with Gasteiger partial charge in [-0.25, -0.2) is 15.0 Å². The molecule has 1 amide bonds. The van der Waals surface area contributed by atoms with Crippen LogP contribution in [0.5, 0.6) is 0 Å². The van der Waals surface area contributed by atoms with Crippen molar-refractivity contribution in [2.45, 2.75) is 18.4 Å². The number of hydrogen-bond acceptors (Lipinski definition) is 6. The number of fused-ring (bicyclic) bond motifs is 1. The summed E-state index contributed by atoms with van der Waals surface area (Å²) in [5, 5.41) is 1.02. The SMILES string of the molecule is O=C(c1cnccn1)N1CCN(c2ncnc3[nH]ccc23)CC12CC2. The molecule has 0 bridgehead atoms. The normalized spacial score (nSPS) is 18.7. The standard InChI is InChI=1S/C17H17N7O/c25-16(13-9-18-5-6-19-13)24-8-7-23(10-17(24)2-3-17)15-12-1-4-20-14(12)21-11-22-15/h1,4-6,9,11H,2-3,7-8,10H2,(H,20,21,22). The Morgan fingerprint density at radius 3 is 2.88 bits per heavy atom. The highest BCUT2D eigenvalue weighted by atomic mass is 16.2. The molecule has 5 rings (SSSR count). The first kappa shape index (κ1) is 14.3. The molecule has 0 aromatic carbocycles. The molecule has 4 heterocycles. The van der Waals surface area contributed by atoms with Crippen molar-refractivity contribution >= 4 is 22.8 Å². The van der Waals surface area contributed by atoms with Crippen molar-refractivity contribution in [2.75, 3.05) is 24.5 Å². The van der Waals surface area contributed by atoms with Crippen LogP contribution in [0.1, 0.15) is 23.3 Å². The predicted octanol–water partition coefficient (Wildman–Crippen LogP) is 1.24. The fourth-order valence-corrected chi connectivity index (χ4v) is 3.71. The van der Waals surface area contributed by atoms with Crippen LogP contribution in [0.4, 0.5) is 5.82 Å². The van der Waals surface area contributed by atoms with Crippen LogP contribution in [-0.2, 0) is 0 Å². The molecule has 2 aliphatic rings. The number of hydrogen-bond donors (Lipinski definition) is 1. The number of anilines is 1. The summed E-state index contributed by atoms with van der Waals surface area (Å²) in [5.41, 5.74) is 1.14. The van der Waals surface area contributed by atoms with Gasteiger partial charge in [0.25, 0.3) is 5.91 Å². The first-order valence-electron chi connectivity index (χ1n) is 8.38. The van der Waals surface area contributed by atoms with Crippen molar-refractivity contribution in [3.63, 3.8) is 0 Å². The number of nitrogens with one attached hydrogen (secondary N) is 1. The zero-order valence-corrected chi connectivity index (χ0v) is 13.6. The van der Waals surface area contributed by atoms with E-state index in [9.17, 15) is 4.79 Å². The number of aromatic nitrogens is 5. The third-order valence-electron chi connectivity index (χ3n) is 5.14. The average Bonchev–Trinajstić information content (AvgIpc) is 3.24. The van der Waals surface area contributed by atoms with Crippen molar-refractivity contribution in [3.8, 4) is 0 Å². The Morgan fingerprint density at radius 1 is 1.16 bits per heavy atom. The fourth-order valence-electron chi connectivity index (χ4n) is 3.71. The molecule has 2 fully saturated rings. The van der Waals surface area contributed by atoms with Crippen LogP contribution in [0.25, 0.3) is 11.0 Å². The van der Waals surface area contributed by atoms with Crippen molar-refractivity contribution in [2.24, 2.45) is 0 Å². The molecular weight excluding hydrogens is 318 g/mol. The highest BCUT2D eigenvalue weighted by Gasteiger charge is 2.53. The van der Waals surface area contributed by atoms with Crippen molar-refractivity contribution in [1.82, 2.24) is 29.8 Å². The van der Waals surface area contributed by atoms with Crippen LogP contribution in [0, 0.1) is 0 Å². The summed E-state index contributed by atoms with van der Waals surface area (Å²) in [7, 11) is 0. The van der Waals surface area contributed by atoms with Crippen LogP contribution >= 0.6 is 0 Å². The molecule has 0 unspecified atom stereocenters. The summed E-state index contributed by atoms with van der Waals surface area (Å²) >= 11 is 0. The van der Waals surface area contributed by atoms with E-state index in [4.69, 9.17) is 0 Å². The predicted molar refractivity (Wildman–Crippen MR) is 91.1 cm³/mol. The molecule has 1 saturated carbocycles. The second-order valence-corrected chi connectivity index (χ2v) is 6.63. The van der Waals surface area contributed by atoms with Gasteiger partial charge in [-0.3, -0.25) is 9.78 Å². The number of carbonyl (C=O) groups is 1. The number of aromatic amines is 1. The smallest absolute Gasteiger partial charge is 0.274 e. The quantitative estimate of drug-likeness (QED) is 0.758.